The van der Waals surface area contributed by atoms with Crippen molar-refractivity contribution >= 4 is 28.1 Å². The van der Waals surface area contributed by atoms with Gasteiger partial charge in [-0.25, -0.2) is 0 Å². The highest BCUT2D eigenvalue weighted by Gasteiger charge is 2.37. The SMILES string of the molecule is NC(=O)[C@@H](N)CSC(c1ccccc1)(c1ccccc1)c1ccccc1.O=S(=O)(O)O. The predicted molar refractivity (Wildman–Crippen MR) is 123 cm³/mol. The molecule has 0 heterocycles. The van der Waals surface area contributed by atoms with Gasteiger partial charge < -0.3 is 11.5 Å². The number of rotatable bonds is 7. The van der Waals surface area contributed by atoms with Crippen LogP contribution in [0.3, 0.4) is 0 Å². The van der Waals surface area contributed by atoms with E-state index in [9.17, 15) is 4.79 Å². The lowest BCUT2D eigenvalue weighted by Crippen LogP contribution is -2.40. The molecule has 0 fully saturated rings. The van der Waals surface area contributed by atoms with Gasteiger partial charge in [0.05, 0.1) is 10.8 Å². The number of hydrogen-bond donors (Lipinski definition) is 4. The van der Waals surface area contributed by atoms with E-state index in [-0.39, 0.29) is 0 Å². The Morgan fingerprint density at radius 1 is 0.806 bits per heavy atom. The zero-order valence-electron chi connectivity index (χ0n) is 16.5. The van der Waals surface area contributed by atoms with Gasteiger partial charge in [-0.2, -0.15) is 8.42 Å². The number of primary amides is 1. The topological polar surface area (TPSA) is 144 Å². The molecule has 0 spiro atoms. The molecule has 0 aliphatic rings. The largest absolute Gasteiger partial charge is 0.394 e. The summed E-state index contributed by atoms with van der Waals surface area (Å²) < 4.78 is 31.1. The van der Waals surface area contributed by atoms with Gasteiger partial charge in [0.25, 0.3) is 0 Å². The molecule has 7 nitrogen and oxygen atoms in total. The van der Waals surface area contributed by atoms with Gasteiger partial charge in [-0.15, -0.1) is 11.8 Å². The van der Waals surface area contributed by atoms with Gasteiger partial charge >= 0.3 is 10.4 Å². The highest BCUT2D eigenvalue weighted by atomic mass is 32.3. The van der Waals surface area contributed by atoms with Gasteiger partial charge in [-0.1, -0.05) is 91.0 Å². The smallest absolute Gasteiger partial charge is 0.368 e. The van der Waals surface area contributed by atoms with Gasteiger partial charge in [-0.3, -0.25) is 13.9 Å². The zero-order valence-corrected chi connectivity index (χ0v) is 18.2. The zero-order chi connectivity index (χ0) is 22.9. The number of benzene rings is 3. The summed E-state index contributed by atoms with van der Waals surface area (Å²) in [7, 11) is -4.67. The van der Waals surface area contributed by atoms with Crippen molar-refractivity contribution in [2.75, 3.05) is 5.75 Å². The fraction of sp³-hybridized carbons (Fsp3) is 0.136. The summed E-state index contributed by atoms with van der Waals surface area (Å²) in [6.45, 7) is 0. The van der Waals surface area contributed by atoms with Crippen LogP contribution in [-0.4, -0.2) is 35.2 Å². The van der Waals surface area contributed by atoms with E-state index in [0.29, 0.717) is 5.75 Å². The molecular weight excluding hydrogens is 436 g/mol. The monoisotopic (exact) mass is 460 g/mol. The molecule has 31 heavy (non-hydrogen) atoms. The third-order valence-corrected chi connectivity index (χ3v) is 6.05. The molecule has 3 aromatic carbocycles. The van der Waals surface area contributed by atoms with Crippen LogP contribution in [0.5, 0.6) is 0 Å². The van der Waals surface area contributed by atoms with Crippen LogP contribution in [0.25, 0.3) is 0 Å². The predicted octanol–water partition coefficient (Wildman–Crippen LogP) is 2.87. The minimum Gasteiger partial charge on any atom is -0.368 e. The minimum absolute atomic E-state index is 0.425. The third-order valence-electron chi connectivity index (χ3n) is 4.39. The van der Waals surface area contributed by atoms with Crippen molar-refractivity contribution in [3.05, 3.63) is 108 Å². The molecule has 164 valence electrons. The van der Waals surface area contributed by atoms with Gasteiger partial charge in [0, 0.05) is 5.75 Å². The molecule has 0 saturated heterocycles. The first kappa shape index (κ1) is 24.6. The van der Waals surface area contributed by atoms with Crippen molar-refractivity contribution in [1.82, 2.24) is 0 Å². The summed E-state index contributed by atoms with van der Waals surface area (Å²) in [6.07, 6.45) is 0. The lowest BCUT2D eigenvalue weighted by molar-refractivity contribution is -0.118. The standard InChI is InChI=1S/C22H22N2OS.H2O4S/c23-20(21(24)25)16-26-22(17-10-4-1-5-11-17,18-12-6-2-7-13-18)19-14-8-3-9-15-19;1-5(2,3)4/h1-15,20H,16,23H2,(H2,24,25);(H2,1,2,3,4)/t20-;/m0./s1. The molecule has 9 heteroatoms. The molecular formula is C22H24N2O5S2. The Morgan fingerprint density at radius 3 is 1.35 bits per heavy atom. The highest BCUT2D eigenvalue weighted by molar-refractivity contribution is 8.00. The average molecular weight is 461 g/mol. The van der Waals surface area contributed by atoms with Crippen LogP contribution in [0.4, 0.5) is 0 Å². The quantitative estimate of drug-likeness (QED) is 0.313. The van der Waals surface area contributed by atoms with Crippen molar-refractivity contribution in [2.24, 2.45) is 11.5 Å². The Labute approximate surface area is 186 Å². The summed E-state index contributed by atoms with van der Waals surface area (Å²) in [5, 5.41) is 0. The van der Waals surface area contributed by atoms with Crippen molar-refractivity contribution in [3.8, 4) is 0 Å². The average Bonchev–Trinajstić information content (AvgIpc) is 2.75. The molecule has 0 radical (unpaired) electrons. The summed E-state index contributed by atoms with van der Waals surface area (Å²) in [5.41, 5.74) is 14.8. The molecule has 0 aromatic heterocycles. The van der Waals surface area contributed by atoms with Gasteiger partial charge in [0.2, 0.25) is 5.91 Å². The van der Waals surface area contributed by atoms with E-state index in [1.54, 1.807) is 11.8 Å². The Bertz CT molecular complexity index is 958. The first-order valence-electron chi connectivity index (χ1n) is 9.20. The fourth-order valence-electron chi connectivity index (χ4n) is 3.07. The Morgan fingerprint density at radius 2 is 1.10 bits per heavy atom. The van der Waals surface area contributed by atoms with E-state index < -0.39 is 27.1 Å². The van der Waals surface area contributed by atoms with Crippen LogP contribution in [0.15, 0.2) is 91.0 Å². The molecule has 3 aromatic rings. The van der Waals surface area contributed by atoms with E-state index in [0.717, 1.165) is 16.7 Å². The second-order valence-corrected chi connectivity index (χ2v) is 8.68. The minimum atomic E-state index is -4.67. The van der Waals surface area contributed by atoms with Gasteiger partial charge in [-0.05, 0) is 16.7 Å². The Balaban J connectivity index is 0.000000614. The number of hydrogen-bond acceptors (Lipinski definition) is 5. The lowest BCUT2D eigenvalue weighted by atomic mass is 9.84. The van der Waals surface area contributed by atoms with Crippen LogP contribution < -0.4 is 11.5 Å². The number of thioether (sulfide) groups is 1. The first-order chi connectivity index (χ1) is 14.6. The van der Waals surface area contributed by atoms with Crippen molar-refractivity contribution in [3.63, 3.8) is 0 Å². The lowest BCUT2D eigenvalue weighted by Gasteiger charge is -2.36. The summed E-state index contributed by atoms with van der Waals surface area (Å²) in [6, 6.07) is 30.2. The highest BCUT2D eigenvalue weighted by Crippen LogP contribution is 2.48. The van der Waals surface area contributed by atoms with E-state index >= 15 is 0 Å². The van der Waals surface area contributed by atoms with Crippen LogP contribution in [-0.2, 0) is 19.9 Å². The second kappa shape index (κ2) is 11.1. The molecule has 6 N–H and O–H groups in total. The van der Waals surface area contributed by atoms with E-state index in [1.165, 1.54) is 0 Å². The Kier molecular flexibility index (Phi) is 8.78. The van der Waals surface area contributed by atoms with Crippen LogP contribution in [0, 0.1) is 0 Å². The molecule has 1 atom stereocenters. The van der Waals surface area contributed by atoms with E-state index in [2.05, 4.69) is 36.4 Å². The van der Waals surface area contributed by atoms with Gasteiger partial charge in [0.1, 0.15) is 0 Å². The second-order valence-electron chi connectivity index (χ2n) is 6.55. The number of carbonyl (C=O) groups is 1. The Hall–Kier alpha value is -2.69. The molecule has 0 bridgehead atoms. The fourth-order valence-corrected chi connectivity index (χ4v) is 4.57. The molecule has 0 aliphatic heterocycles. The van der Waals surface area contributed by atoms with Gasteiger partial charge in [0.15, 0.2) is 0 Å². The van der Waals surface area contributed by atoms with E-state index in [4.69, 9.17) is 29.0 Å². The molecule has 0 unspecified atom stereocenters. The maximum Gasteiger partial charge on any atom is 0.394 e. The van der Waals surface area contributed by atoms with E-state index in [1.807, 2.05) is 54.6 Å². The molecule has 0 aliphatic carbocycles. The number of amides is 1. The van der Waals surface area contributed by atoms with Crippen molar-refractivity contribution in [2.45, 2.75) is 10.8 Å². The maximum atomic E-state index is 11.5. The maximum absolute atomic E-state index is 11.5. The third kappa shape index (κ3) is 7.20. The van der Waals surface area contributed by atoms with Crippen molar-refractivity contribution in [1.29, 1.82) is 0 Å². The number of nitrogens with two attached hydrogens (primary N) is 2. The van der Waals surface area contributed by atoms with Crippen LogP contribution in [0.2, 0.25) is 0 Å². The molecule has 1 amide bonds. The summed E-state index contributed by atoms with van der Waals surface area (Å²) >= 11 is 1.64. The van der Waals surface area contributed by atoms with Crippen LogP contribution in [0.1, 0.15) is 16.7 Å². The normalized spacial score (nSPS) is 12.4. The number of carbonyl (C=O) groups excluding carboxylic acids is 1. The molecule has 0 saturated carbocycles. The van der Waals surface area contributed by atoms with Crippen LogP contribution >= 0.6 is 11.8 Å². The summed E-state index contributed by atoms with van der Waals surface area (Å²) in [4.78, 5) is 11.5. The summed E-state index contributed by atoms with van der Waals surface area (Å²) in [5.74, 6) is -0.0610. The first-order valence-corrected chi connectivity index (χ1v) is 11.6. The van der Waals surface area contributed by atoms with Crippen molar-refractivity contribution < 1.29 is 22.3 Å². The molecule has 3 rings (SSSR count).